The van der Waals surface area contributed by atoms with E-state index in [-0.39, 0.29) is 17.1 Å². The minimum atomic E-state index is -3.58. The molecule has 1 saturated heterocycles. The van der Waals surface area contributed by atoms with Crippen molar-refractivity contribution >= 4 is 16.0 Å². The molecule has 2 rings (SSSR count). The normalized spacial score (nSPS) is 17.5. The van der Waals surface area contributed by atoms with E-state index in [0.29, 0.717) is 32.6 Å². The number of carbonyl (C=O) groups is 1. The molecule has 1 fully saturated rings. The molecule has 0 aliphatic carbocycles. The van der Waals surface area contributed by atoms with E-state index < -0.39 is 16.0 Å². The molecule has 7 nitrogen and oxygen atoms in total. The van der Waals surface area contributed by atoms with Crippen molar-refractivity contribution in [3.8, 4) is 0 Å². The zero-order valence-corrected chi connectivity index (χ0v) is 13.0. The van der Waals surface area contributed by atoms with Crippen LogP contribution >= 0.6 is 0 Å². The minimum absolute atomic E-state index is 0.0628. The zero-order valence-electron chi connectivity index (χ0n) is 12.2. The molecule has 1 aromatic carbocycles. The summed E-state index contributed by atoms with van der Waals surface area (Å²) in [7, 11) is -3.58. The highest BCUT2D eigenvalue weighted by Crippen LogP contribution is 2.18. The lowest BCUT2D eigenvalue weighted by atomic mass is 10.2. The summed E-state index contributed by atoms with van der Waals surface area (Å²) in [6, 6.07) is 5.26. The Balaban J connectivity index is 2.03. The van der Waals surface area contributed by atoms with E-state index in [9.17, 15) is 13.2 Å². The molecular weight excluding hydrogens is 308 g/mol. The van der Waals surface area contributed by atoms with E-state index in [1.807, 2.05) is 0 Å². The fraction of sp³-hybridized carbons (Fsp3) is 0.500. The highest BCUT2D eigenvalue weighted by Gasteiger charge is 2.28. The van der Waals surface area contributed by atoms with E-state index in [2.05, 4.69) is 4.90 Å². The van der Waals surface area contributed by atoms with Crippen LogP contribution in [0.2, 0.25) is 0 Å². The maximum Gasteiger partial charge on any atom is 0.335 e. The van der Waals surface area contributed by atoms with Crippen molar-refractivity contribution in [1.82, 2.24) is 9.21 Å². The smallest absolute Gasteiger partial charge is 0.335 e. The summed E-state index contributed by atoms with van der Waals surface area (Å²) < 4.78 is 26.4. The predicted molar refractivity (Wildman–Crippen MR) is 80.3 cm³/mol. The second-order valence-corrected chi connectivity index (χ2v) is 7.09. The van der Waals surface area contributed by atoms with Crippen molar-refractivity contribution in [2.75, 3.05) is 39.3 Å². The predicted octanol–water partition coefficient (Wildman–Crippen LogP) is 0.0735. The van der Waals surface area contributed by atoms with Gasteiger partial charge in [-0.1, -0.05) is 0 Å². The summed E-state index contributed by atoms with van der Waals surface area (Å²) >= 11 is 0. The van der Waals surface area contributed by atoms with Crippen molar-refractivity contribution in [2.24, 2.45) is 0 Å². The lowest BCUT2D eigenvalue weighted by Crippen LogP contribution is -2.48. The first-order valence-corrected chi connectivity index (χ1v) is 8.56. The van der Waals surface area contributed by atoms with Gasteiger partial charge >= 0.3 is 5.97 Å². The van der Waals surface area contributed by atoms with Gasteiger partial charge in [-0.05, 0) is 30.7 Å². The Kier molecular flexibility index (Phi) is 5.52. The van der Waals surface area contributed by atoms with Gasteiger partial charge in [0.2, 0.25) is 10.0 Å². The van der Waals surface area contributed by atoms with Crippen LogP contribution in [0, 0.1) is 0 Å². The Morgan fingerprint density at radius 2 is 1.68 bits per heavy atom. The topological polar surface area (TPSA) is 98.1 Å². The van der Waals surface area contributed by atoms with Crippen LogP contribution in [0.4, 0.5) is 0 Å². The highest BCUT2D eigenvalue weighted by molar-refractivity contribution is 7.89. The average Bonchev–Trinajstić information content (AvgIpc) is 2.53. The third-order valence-electron chi connectivity index (χ3n) is 3.70. The molecule has 1 heterocycles. The number of piperazine rings is 1. The monoisotopic (exact) mass is 328 g/mol. The highest BCUT2D eigenvalue weighted by atomic mass is 32.2. The van der Waals surface area contributed by atoms with Gasteiger partial charge in [0.05, 0.1) is 10.5 Å². The van der Waals surface area contributed by atoms with Gasteiger partial charge in [-0.2, -0.15) is 4.31 Å². The summed E-state index contributed by atoms with van der Waals surface area (Å²) in [5.74, 6) is -1.08. The fourth-order valence-electron chi connectivity index (χ4n) is 2.41. The van der Waals surface area contributed by atoms with E-state index in [1.54, 1.807) is 0 Å². The van der Waals surface area contributed by atoms with E-state index in [1.165, 1.54) is 28.6 Å². The number of aromatic carboxylic acids is 1. The molecule has 0 bridgehead atoms. The number of sulfonamides is 1. The molecule has 0 amide bonds. The van der Waals surface area contributed by atoms with Gasteiger partial charge in [0.15, 0.2) is 0 Å². The second kappa shape index (κ2) is 7.19. The largest absolute Gasteiger partial charge is 0.478 e. The Morgan fingerprint density at radius 3 is 2.18 bits per heavy atom. The summed E-state index contributed by atoms with van der Waals surface area (Å²) in [6.07, 6.45) is 0.684. The summed E-state index contributed by atoms with van der Waals surface area (Å²) in [6.45, 7) is 2.95. The molecule has 0 saturated carbocycles. The van der Waals surface area contributed by atoms with E-state index in [4.69, 9.17) is 10.2 Å². The number of aliphatic hydroxyl groups excluding tert-OH is 1. The number of hydrogen-bond acceptors (Lipinski definition) is 5. The zero-order chi connectivity index (χ0) is 16.2. The van der Waals surface area contributed by atoms with Crippen molar-refractivity contribution < 1.29 is 23.4 Å². The molecule has 22 heavy (non-hydrogen) atoms. The maximum atomic E-state index is 12.5. The molecule has 0 aromatic heterocycles. The number of aliphatic hydroxyl groups is 1. The van der Waals surface area contributed by atoms with Gasteiger partial charge in [0, 0.05) is 39.3 Å². The SMILES string of the molecule is O=C(O)c1ccc(S(=O)(=O)N2CCN(CCCO)CC2)cc1. The first kappa shape index (κ1) is 16.9. The van der Waals surface area contributed by atoms with Crippen molar-refractivity contribution in [2.45, 2.75) is 11.3 Å². The third kappa shape index (κ3) is 3.83. The Hall–Kier alpha value is -1.48. The van der Waals surface area contributed by atoms with Crippen LogP contribution in [0.5, 0.6) is 0 Å². The number of rotatable bonds is 6. The molecule has 1 aliphatic heterocycles. The molecular formula is C14H20N2O5S. The van der Waals surface area contributed by atoms with Crippen LogP contribution in [-0.2, 0) is 10.0 Å². The van der Waals surface area contributed by atoms with Crippen LogP contribution in [-0.4, -0.2) is 73.1 Å². The lowest BCUT2D eigenvalue weighted by Gasteiger charge is -2.33. The molecule has 0 atom stereocenters. The molecule has 2 N–H and O–H groups in total. The molecule has 0 radical (unpaired) electrons. The van der Waals surface area contributed by atoms with Gasteiger partial charge in [-0.25, -0.2) is 13.2 Å². The lowest BCUT2D eigenvalue weighted by molar-refractivity contribution is 0.0696. The summed E-state index contributed by atoms with van der Waals surface area (Å²) in [4.78, 5) is 13.0. The first-order chi connectivity index (χ1) is 10.4. The molecule has 1 aromatic rings. The van der Waals surface area contributed by atoms with Crippen molar-refractivity contribution in [3.05, 3.63) is 29.8 Å². The van der Waals surface area contributed by atoms with Crippen LogP contribution in [0.25, 0.3) is 0 Å². The number of hydrogen-bond donors (Lipinski definition) is 2. The van der Waals surface area contributed by atoms with Gasteiger partial charge in [0.25, 0.3) is 0 Å². The summed E-state index contributed by atoms with van der Waals surface area (Å²) in [5, 5.41) is 17.7. The third-order valence-corrected chi connectivity index (χ3v) is 5.62. The van der Waals surface area contributed by atoms with Crippen LogP contribution in [0.3, 0.4) is 0 Å². The Morgan fingerprint density at radius 1 is 1.09 bits per heavy atom. The molecule has 0 unspecified atom stereocenters. The fourth-order valence-corrected chi connectivity index (χ4v) is 3.83. The molecule has 0 spiro atoms. The second-order valence-electron chi connectivity index (χ2n) is 5.15. The Labute approximate surface area is 129 Å². The van der Waals surface area contributed by atoms with Crippen molar-refractivity contribution in [1.29, 1.82) is 0 Å². The van der Waals surface area contributed by atoms with Gasteiger partial charge in [0.1, 0.15) is 0 Å². The van der Waals surface area contributed by atoms with Gasteiger partial charge in [-0.15, -0.1) is 0 Å². The van der Waals surface area contributed by atoms with Crippen LogP contribution in [0.1, 0.15) is 16.8 Å². The van der Waals surface area contributed by atoms with Crippen molar-refractivity contribution in [3.63, 3.8) is 0 Å². The number of carboxylic acid groups (broad SMARTS) is 1. The van der Waals surface area contributed by atoms with Crippen LogP contribution in [0.15, 0.2) is 29.2 Å². The maximum absolute atomic E-state index is 12.5. The first-order valence-electron chi connectivity index (χ1n) is 7.12. The number of nitrogens with zero attached hydrogens (tertiary/aromatic N) is 2. The number of benzene rings is 1. The number of carboxylic acids is 1. The van der Waals surface area contributed by atoms with Crippen LogP contribution < -0.4 is 0 Å². The molecule has 1 aliphatic rings. The standard InChI is InChI=1S/C14H20N2O5S/c17-11-1-6-15-7-9-16(10-8-15)22(20,21)13-4-2-12(3-5-13)14(18)19/h2-5,17H,1,6-11H2,(H,18,19). The van der Waals surface area contributed by atoms with Gasteiger partial charge in [-0.3, -0.25) is 0 Å². The quantitative estimate of drug-likeness (QED) is 0.767. The Bertz CT molecular complexity index is 607. The minimum Gasteiger partial charge on any atom is -0.478 e. The van der Waals surface area contributed by atoms with E-state index in [0.717, 1.165) is 6.54 Å². The molecule has 122 valence electrons. The molecule has 8 heteroatoms. The van der Waals surface area contributed by atoms with E-state index >= 15 is 0 Å². The average molecular weight is 328 g/mol. The summed E-state index contributed by atoms with van der Waals surface area (Å²) in [5.41, 5.74) is 0.0628. The van der Waals surface area contributed by atoms with Gasteiger partial charge < -0.3 is 15.1 Å².